The van der Waals surface area contributed by atoms with Gasteiger partial charge >= 0.3 is 0 Å². The van der Waals surface area contributed by atoms with Crippen molar-refractivity contribution in [3.63, 3.8) is 0 Å². The Bertz CT molecular complexity index is 1080. The Hall–Kier alpha value is -2.86. The van der Waals surface area contributed by atoms with E-state index in [0.717, 1.165) is 45.6 Å². The van der Waals surface area contributed by atoms with Crippen molar-refractivity contribution in [1.29, 1.82) is 0 Å². The van der Waals surface area contributed by atoms with E-state index in [1.54, 1.807) is 0 Å². The van der Waals surface area contributed by atoms with Crippen molar-refractivity contribution in [1.82, 2.24) is 25.5 Å². The van der Waals surface area contributed by atoms with Gasteiger partial charge in [-0.3, -0.25) is 14.9 Å². The van der Waals surface area contributed by atoms with Gasteiger partial charge in [0.15, 0.2) is 0 Å². The summed E-state index contributed by atoms with van der Waals surface area (Å²) in [6, 6.07) is 18.2. The highest BCUT2D eigenvalue weighted by atomic mass is 15.2. The van der Waals surface area contributed by atoms with Gasteiger partial charge in [-0.2, -0.15) is 0 Å². The quantitative estimate of drug-likeness (QED) is 0.375. The molecule has 34 heavy (non-hydrogen) atoms. The molecule has 3 heterocycles. The molecule has 2 aromatic heterocycles. The van der Waals surface area contributed by atoms with Gasteiger partial charge in [0.2, 0.25) is 0 Å². The summed E-state index contributed by atoms with van der Waals surface area (Å²) in [4.78, 5) is 11.6. The molecule has 0 saturated heterocycles. The Kier molecular flexibility index (Phi) is 7.76. The van der Waals surface area contributed by atoms with E-state index in [4.69, 9.17) is 4.98 Å². The standard InChI is InChI=1S/C29H35N5/c1-2-8-26-21-33-27(19-25(26)7-1)22-34(28-11-5-9-24-10-6-15-32-29(24)28)18-4-3-14-31-20-23-12-16-30-17-13-23/h1-4,6-8,10,12-13,15-17,27-28,31,33H,5,9,11,14,18-22H2/b4-3+. The van der Waals surface area contributed by atoms with Crippen LogP contribution in [0.1, 0.15) is 46.8 Å². The van der Waals surface area contributed by atoms with Gasteiger partial charge in [-0.1, -0.05) is 42.5 Å². The Morgan fingerprint density at radius 2 is 1.82 bits per heavy atom. The van der Waals surface area contributed by atoms with Gasteiger partial charge < -0.3 is 10.6 Å². The maximum Gasteiger partial charge on any atom is 0.0607 e. The summed E-state index contributed by atoms with van der Waals surface area (Å²) in [5, 5.41) is 7.30. The molecule has 2 aliphatic rings. The van der Waals surface area contributed by atoms with Crippen molar-refractivity contribution in [2.24, 2.45) is 0 Å². The van der Waals surface area contributed by atoms with Crippen molar-refractivity contribution < 1.29 is 0 Å². The van der Waals surface area contributed by atoms with Gasteiger partial charge in [-0.25, -0.2) is 0 Å². The highest BCUT2D eigenvalue weighted by Crippen LogP contribution is 2.33. The van der Waals surface area contributed by atoms with E-state index in [1.165, 1.54) is 40.8 Å². The second-order valence-corrected chi connectivity index (χ2v) is 9.42. The first kappa shape index (κ1) is 22.9. The van der Waals surface area contributed by atoms with E-state index in [1.807, 2.05) is 18.6 Å². The molecule has 3 aromatic rings. The summed E-state index contributed by atoms with van der Waals surface area (Å²) in [6.07, 6.45) is 14.9. The molecule has 2 atom stereocenters. The fourth-order valence-corrected chi connectivity index (χ4v) is 5.30. The zero-order valence-electron chi connectivity index (χ0n) is 19.9. The molecule has 1 aliphatic heterocycles. The average molecular weight is 454 g/mol. The van der Waals surface area contributed by atoms with E-state index in [9.17, 15) is 0 Å². The van der Waals surface area contributed by atoms with Gasteiger partial charge in [0.1, 0.15) is 0 Å². The summed E-state index contributed by atoms with van der Waals surface area (Å²) in [5.41, 5.74) is 6.90. The van der Waals surface area contributed by atoms with E-state index in [0.29, 0.717) is 12.1 Å². The van der Waals surface area contributed by atoms with E-state index in [2.05, 4.69) is 81.2 Å². The minimum atomic E-state index is 0.387. The summed E-state index contributed by atoms with van der Waals surface area (Å²) >= 11 is 0. The number of benzene rings is 1. The first-order chi connectivity index (χ1) is 16.9. The number of hydrogen-bond acceptors (Lipinski definition) is 5. The lowest BCUT2D eigenvalue weighted by atomic mass is 9.89. The second kappa shape index (κ2) is 11.5. The number of nitrogens with one attached hydrogen (secondary N) is 2. The lowest BCUT2D eigenvalue weighted by Gasteiger charge is -2.38. The highest BCUT2D eigenvalue weighted by Gasteiger charge is 2.29. The molecule has 0 radical (unpaired) electrons. The molecular formula is C29H35N5. The maximum absolute atomic E-state index is 4.84. The zero-order chi connectivity index (χ0) is 23.0. The minimum Gasteiger partial charge on any atom is -0.309 e. The SMILES string of the molecule is C(=C\CN(CC1Cc2ccccc2CN1)C1CCCc2cccnc21)/CNCc1ccncc1. The number of rotatable bonds is 9. The normalized spacial score (nSPS) is 19.8. The molecule has 1 aliphatic carbocycles. The molecule has 5 rings (SSSR count). The van der Waals surface area contributed by atoms with Gasteiger partial charge in [-0.05, 0) is 66.1 Å². The monoisotopic (exact) mass is 453 g/mol. The number of aryl methyl sites for hydroxylation is 1. The van der Waals surface area contributed by atoms with E-state index in [-0.39, 0.29) is 0 Å². The van der Waals surface area contributed by atoms with Crippen LogP contribution in [0.15, 0.2) is 79.3 Å². The predicted octanol–water partition coefficient (Wildman–Crippen LogP) is 4.22. The summed E-state index contributed by atoms with van der Waals surface area (Å²) in [5.74, 6) is 0. The number of aromatic nitrogens is 2. The van der Waals surface area contributed by atoms with Gasteiger partial charge in [0.05, 0.1) is 11.7 Å². The van der Waals surface area contributed by atoms with Gasteiger partial charge in [0, 0.05) is 57.4 Å². The maximum atomic E-state index is 4.84. The summed E-state index contributed by atoms with van der Waals surface area (Å²) in [6.45, 7) is 4.66. The van der Waals surface area contributed by atoms with E-state index < -0.39 is 0 Å². The molecule has 5 heteroatoms. The van der Waals surface area contributed by atoms with Crippen LogP contribution in [0.2, 0.25) is 0 Å². The molecule has 0 amide bonds. The molecule has 0 spiro atoms. The molecule has 176 valence electrons. The smallest absolute Gasteiger partial charge is 0.0607 e. The Labute approximate surface area is 203 Å². The number of nitrogens with zero attached hydrogens (tertiary/aromatic N) is 3. The molecule has 1 aromatic carbocycles. The Morgan fingerprint density at radius 3 is 2.74 bits per heavy atom. The molecule has 2 N–H and O–H groups in total. The molecule has 0 saturated carbocycles. The number of hydrogen-bond donors (Lipinski definition) is 2. The van der Waals surface area contributed by atoms with Crippen molar-refractivity contribution in [3.05, 3.63) is 107 Å². The average Bonchev–Trinajstić information content (AvgIpc) is 2.90. The van der Waals surface area contributed by atoms with Crippen LogP contribution >= 0.6 is 0 Å². The van der Waals surface area contributed by atoms with Crippen molar-refractivity contribution >= 4 is 0 Å². The fourth-order valence-electron chi connectivity index (χ4n) is 5.30. The fraction of sp³-hybridized carbons (Fsp3) is 0.379. The first-order valence-electron chi connectivity index (χ1n) is 12.6. The van der Waals surface area contributed by atoms with Crippen LogP contribution in [0.5, 0.6) is 0 Å². The third-order valence-corrected chi connectivity index (χ3v) is 7.07. The number of fused-ring (bicyclic) bond motifs is 2. The van der Waals surface area contributed by atoms with Crippen molar-refractivity contribution in [2.75, 3.05) is 19.6 Å². The van der Waals surface area contributed by atoms with Crippen LogP contribution in [0.3, 0.4) is 0 Å². The predicted molar refractivity (Wildman–Crippen MR) is 137 cm³/mol. The van der Waals surface area contributed by atoms with Crippen LogP contribution in [0, 0.1) is 0 Å². The Balaban J connectivity index is 1.24. The molecule has 5 nitrogen and oxygen atoms in total. The molecular weight excluding hydrogens is 418 g/mol. The van der Waals surface area contributed by atoms with Crippen molar-refractivity contribution in [3.8, 4) is 0 Å². The van der Waals surface area contributed by atoms with Crippen LogP contribution < -0.4 is 10.6 Å². The molecule has 0 bridgehead atoms. The van der Waals surface area contributed by atoms with Crippen LogP contribution in [-0.2, 0) is 25.9 Å². The highest BCUT2D eigenvalue weighted by molar-refractivity contribution is 5.30. The summed E-state index contributed by atoms with van der Waals surface area (Å²) < 4.78 is 0. The molecule has 0 fully saturated rings. The molecule has 2 unspecified atom stereocenters. The third kappa shape index (κ3) is 5.79. The third-order valence-electron chi connectivity index (χ3n) is 7.07. The number of pyridine rings is 2. The Morgan fingerprint density at radius 1 is 0.971 bits per heavy atom. The van der Waals surface area contributed by atoms with Crippen LogP contribution in [0.25, 0.3) is 0 Å². The lowest BCUT2D eigenvalue weighted by Crippen LogP contribution is -2.46. The van der Waals surface area contributed by atoms with Gasteiger partial charge in [-0.15, -0.1) is 0 Å². The van der Waals surface area contributed by atoms with Crippen LogP contribution in [-0.4, -0.2) is 40.5 Å². The summed E-state index contributed by atoms with van der Waals surface area (Å²) in [7, 11) is 0. The van der Waals surface area contributed by atoms with Gasteiger partial charge in [0.25, 0.3) is 0 Å². The van der Waals surface area contributed by atoms with Crippen LogP contribution in [0.4, 0.5) is 0 Å². The topological polar surface area (TPSA) is 53.1 Å². The zero-order valence-corrected chi connectivity index (χ0v) is 19.9. The van der Waals surface area contributed by atoms with Crippen molar-refractivity contribution in [2.45, 2.75) is 50.9 Å². The second-order valence-electron chi connectivity index (χ2n) is 9.42. The lowest BCUT2D eigenvalue weighted by molar-refractivity contribution is 0.170. The largest absolute Gasteiger partial charge is 0.309 e. The minimum absolute atomic E-state index is 0.387. The van der Waals surface area contributed by atoms with E-state index >= 15 is 0 Å². The first-order valence-corrected chi connectivity index (χ1v) is 12.6.